The summed E-state index contributed by atoms with van der Waals surface area (Å²) in [5.41, 5.74) is 1.39. The summed E-state index contributed by atoms with van der Waals surface area (Å²) in [6, 6.07) is 11.4. The lowest BCUT2D eigenvalue weighted by molar-refractivity contribution is -0.385. The Morgan fingerprint density at radius 2 is 2.05 bits per heavy atom. The fourth-order valence-electron chi connectivity index (χ4n) is 1.83. The van der Waals surface area contributed by atoms with Crippen LogP contribution in [0.25, 0.3) is 0 Å². The van der Waals surface area contributed by atoms with Gasteiger partial charge < -0.3 is 10.1 Å². The number of carbonyl (C=O) groups is 1. The van der Waals surface area contributed by atoms with Crippen LogP contribution in [-0.4, -0.2) is 17.4 Å². The molecule has 0 spiro atoms. The molecular weight excluding hydrogens is 352 g/mol. The van der Waals surface area contributed by atoms with Crippen molar-refractivity contribution in [1.29, 1.82) is 0 Å². The first-order valence-corrected chi connectivity index (χ1v) is 7.19. The average molecular weight is 365 g/mol. The number of nitro benzene ring substituents is 1. The zero-order valence-corrected chi connectivity index (χ0v) is 13.3. The molecule has 0 aliphatic heterocycles. The van der Waals surface area contributed by atoms with Crippen molar-refractivity contribution >= 4 is 33.2 Å². The number of anilines is 1. The van der Waals surface area contributed by atoms with Gasteiger partial charge in [-0.1, -0.05) is 28.1 Å². The second-order valence-electron chi connectivity index (χ2n) is 4.52. The Labute approximate surface area is 135 Å². The highest BCUT2D eigenvalue weighted by molar-refractivity contribution is 9.10. The average Bonchev–Trinajstić information content (AvgIpc) is 2.48. The van der Waals surface area contributed by atoms with Gasteiger partial charge in [-0.25, -0.2) is 0 Å². The van der Waals surface area contributed by atoms with Gasteiger partial charge in [-0.2, -0.15) is 0 Å². The highest BCUT2D eigenvalue weighted by atomic mass is 79.9. The van der Waals surface area contributed by atoms with Gasteiger partial charge in [0.2, 0.25) is 0 Å². The fraction of sp³-hybridized carbons (Fsp3) is 0.133. The first-order chi connectivity index (χ1) is 10.5. The second-order valence-corrected chi connectivity index (χ2v) is 5.44. The van der Waals surface area contributed by atoms with E-state index in [1.54, 1.807) is 12.1 Å². The number of carbonyl (C=O) groups excluding carboxylic acids is 1. The number of halogens is 1. The minimum absolute atomic E-state index is 0.0650. The number of rotatable bonds is 5. The molecule has 0 heterocycles. The molecule has 0 aliphatic carbocycles. The molecule has 2 aromatic carbocycles. The van der Waals surface area contributed by atoms with Crippen LogP contribution in [0.1, 0.15) is 5.56 Å². The van der Waals surface area contributed by atoms with Crippen LogP contribution in [0.5, 0.6) is 5.75 Å². The molecular formula is C15H13BrN2O4. The van der Waals surface area contributed by atoms with Gasteiger partial charge in [0.1, 0.15) is 0 Å². The largest absolute Gasteiger partial charge is 0.477 e. The molecule has 1 N–H and O–H groups in total. The maximum atomic E-state index is 11.9. The van der Waals surface area contributed by atoms with Crippen LogP contribution >= 0.6 is 15.9 Å². The third kappa shape index (κ3) is 4.05. The topological polar surface area (TPSA) is 81.5 Å². The molecule has 1 amide bonds. The summed E-state index contributed by atoms with van der Waals surface area (Å²) in [5, 5.41) is 13.6. The van der Waals surface area contributed by atoms with Crippen LogP contribution in [0.2, 0.25) is 0 Å². The third-order valence-corrected chi connectivity index (χ3v) is 3.38. The number of para-hydroxylation sites is 2. The van der Waals surface area contributed by atoms with Crippen LogP contribution in [0, 0.1) is 17.0 Å². The highest BCUT2D eigenvalue weighted by Crippen LogP contribution is 2.26. The maximum absolute atomic E-state index is 11.9. The number of hydrogen-bond acceptors (Lipinski definition) is 4. The molecule has 22 heavy (non-hydrogen) atoms. The molecule has 0 saturated heterocycles. The van der Waals surface area contributed by atoms with Crippen molar-refractivity contribution in [3.05, 3.63) is 62.6 Å². The summed E-state index contributed by atoms with van der Waals surface area (Å²) in [4.78, 5) is 22.2. The summed E-state index contributed by atoms with van der Waals surface area (Å²) in [5.74, 6) is -0.321. The van der Waals surface area contributed by atoms with Gasteiger partial charge in [-0.3, -0.25) is 14.9 Å². The van der Waals surface area contributed by atoms with Gasteiger partial charge in [-0.05, 0) is 36.8 Å². The number of nitrogens with one attached hydrogen (secondary N) is 1. The van der Waals surface area contributed by atoms with Crippen LogP contribution in [0.4, 0.5) is 11.4 Å². The highest BCUT2D eigenvalue weighted by Gasteiger charge is 2.15. The molecule has 0 fully saturated rings. The molecule has 0 unspecified atom stereocenters. The lowest BCUT2D eigenvalue weighted by Gasteiger charge is -2.10. The standard InChI is InChI=1S/C15H13BrN2O4/c1-10-8-11(16)6-7-12(10)17-15(19)9-22-14-5-3-2-4-13(14)18(20)21/h2-8H,9H2,1H3,(H,17,19). The Balaban J connectivity index is 2.00. The smallest absolute Gasteiger partial charge is 0.310 e. The molecule has 0 atom stereocenters. The molecule has 0 saturated carbocycles. The van der Waals surface area contributed by atoms with Gasteiger partial charge >= 0.3 is 5.69 Å². The normalized spacial score (nSPS) is 10.1. The lowest BCUT2D eigenvalue weighted by atomic mass is 10.2. The summed E-state index contributed by atoms with van der Waals surface area (Å²) in [6.45, 7) is 1.56. The molecule has 0 aromatic heterocycles. The molecule has 0 aliphatic rings. The minimum atomic E-state index is -0.549. The summed E-state index contributed by atoms with van der Waals surface area (Å²) >= 11 is 3.34. The first-order valence-electron chi connectivity index (χ1n) is 6.39. The van der Waals surface area contributed by atoms with Crippen LogP contribution < -0.4 is 10.1 Å². The van der Waals surface area contributed by atoms with Crippen molar-refractivity contribution in [2.45, 2.75) is 6.92 Å². The molecule has 114 valence electrons. The summed E-state index contributed by atoms with van der Waals surface area (Å²) < 4.78 is 6.15. The predicted octanol–water partition coefficient (Wildman–Crippen LogP) is 3.68. The van der Waals surface area contributed by atoms with E-state index in [2.05, 4.69) is 21.2 Å². The van der Waals surface area contributed by atoms with Crippen molar-refractivity contribution in [1.82, 2.24) is 0 Å². The predicted molar refractivity (Wildman–Crippen MR) is 86.1 cm³/mol. The van der Waals surface area contributed by atoms with E-state index in [0.29, 0.717) is 5.69 Å². The maximum Gasteiger partial charge on any atom is 0.310 e. The van der Waals surface area contributed by atoms with E-state index in [9.17, 15) is 14.9 Å². The Bertz CT molecular complexity index is 718. The molecule has 7 heteroatoms. The number of nitro groups is 1. The SMILES string of the molecule is Cc1cc(Br)ccc1NC(=O)COc1ccccc1[N+](=O)[O-]. The van der Waals surface area contributed by atoms with Crippen LogP contribution in [0.15, 0.2) is 46.9 Å². The fourth-order valence-corrected chi connectivity index (χ4v) is 2.30. The second kappa shape index (κ2) is 7.04. The van der Waals surface area contributed by atoms with Gasteiger partial charge in [0.25, 0.3) is 5.91 Å². The zero-order chi connectivity index (χ0) is 16.1. The van der Waals surface area contributed by atoms with Crippen LogP contribution in [0.3, 0.4) is 0 Å². The van der Waals surface area contributed by atoms with Gasteiger partial charge in [0, 0.05) is 16.2 Å². The van der Waals surface area contributed by atoms with Crippen molar-refractivity contribution in [2.24, 2.45) is 0 Å². The zero-order valence-electron chi connectivity index (χ0n) is 11.7. The number of benzene rings is 2. The number of nitrogens with zero attached hydrogens (tertiary/aromatic N) is 1. The van der Waals surface area contributed by atoms with Gasteiger partial charge in [0.15, 0.2) is 12.4 Å². The molecule has 0 radical (unpaired) electrons. The third-order valence-electron chi connectivity index (χ3n) is 2.88. The Kier molecular flexibility index (Phi) is 5.11. The van der Waals surface area contributed by atoms with E-state index in [-0.39, 0.29) is 24.0 Å². The first kappa shape index (κ1) is 16.0. The summed E-state index contributed by atoms with van der Waals surface area (Å²) in [7, 11) is 0. The molecule has 2 aromatic rings. The molecule has 6 nitrogen and oxygen atoms in total. The van der Waals surface area contributed by atoms with E-state index in [1.165, 1.54) is 18.2 Å². The van der Waals surface area contributed by atoms with Crippen molar-refractivity contribution < 1.29 is 14.5 Å². The van der Waals surface area contributed by atoms with E-state index < -0.39 is 4.92 Å². The molecule has 0 bridgehead atoms. The number of ether oxygens (including phenoxy) is 1. The Morgan fingerprint density at radius 3 is 2.73 bits per heavy atom. The molecule has 2 rings (SSSR count). The number of aryl methyl sites for hydroxylation is 1. The van der Waals surface area contributed by atoms with Crippen molar-refractivity contribution in [2.75, 3.05) is 11.9 Å². The Hall–Kier alpha value is -2.41. The van der Waals surface area contributed by atoms with E-state index in [1.807, 2.05) is 19.1 Å². The lowest BCUT2D eigenvalue weighted by Crippen LogP contribution is -2.20. The van der Waals surface area contributed by atoms with Crippen LogP contribution in [-0.2, 0) is 4.79 Å². The Morgan fingerprint density at radius 1 is 1.32 bits per heavy atom. The van der Waals surface area contributed by atoms with E-state index >= 15 is 0 Å². The number of amides is 1. The van der Waals surface area contributed by atoms with Gasteiger partial charge in [-0.15, -0.1) is 0 Å². The van der Waals surface area contributed by atoms with Gasteiger partial charge in [0.05, 0.1) is 4.92 Å². The minimum Gasteiger partial charge on any atom is -0.477 e. The van der Waals surface area contributed by atoms with E-state index in [0.717, 1.165) is 10.0 Å². The monoisotopic (exact) mass is 364 g/mol. The van der Waals surface area contributed by atoms with E-state index in [4.69, 9.17) is 4.74 Å². The summed E-state index contributed by atoms with van der Waals surface area (Å²) in [6.07, 6.45) is 0. The number of hydrogen-bond donors (Lipinski definition) is 1. The quantitative estimate of drug-likeness (QED) is 0.647. The van der Waals surface area contributed by atoms with Crippen molar-refractivity contribution in [3.8, 4) is 5.75 Å². The van der Waals surface area contributed by atoms with Crippen molar-refractivity contribution in [3.63, 3.8) is 0 Å².